The Balaban J connectivity index is 2.11. The maximum Gasteiger partial charge on any atom is 0.320 e. The minimum atomic E-state index is -1.67. The Morgan fingerprint density at radius 1 is 1.09 bits per heavy atom. The number of nitrogens with zero attached hydrogens (tertiary/aromatic N) is 3. The van der Waals surface area contributed by atoms with Gasteiger partial charge in [0.2, 0.25) is 11.6 Å². The van der Waals surface area contributed by atoms with Crippen LogP contribution in [0.5, 0.6) is 0 Å². The molecule has 1 aromatic heterocycles. The number of rotatable bonds is 4. The van der Waals surface area contributed by atoms with Gasteiger partial charge >= 0.3 is 5.97 Å². The largest absolute Gasteiger partial charge is 0.465 e. The lowest BCUT2D eigenvalue weighted by molar-refractivity contribution is -0.144. The third-order valence-corrected chi connectivity index (χ3v) is 3.54. The van der Waals surface area contributed by atoms with Gasteiger partial charge in [0, 0.05) is 26.2 Å². The highest BCUT2D eigenvalue weighted by molar-refractivity contribution is 5.71. The van der Waals surface area contributed by atoms with E-state index in [4.69, 9.17) is 4.74 Å². The van der Waals surface area contributed by atoms with Gasteiger partial charge in [0.15, 0.2) is 0 Å². The Hall–Kier alpha value is -1.90. The van der Waals surface area contributed by atoms with Crippen molar-refractivity contribution in [1.29, 1.82) is 0 Å². The molecule has 9 heteroatoms. The maximum absolute atomic E-state index is 13.8. The average molecular weight is 335 g/mol. The van der Waals surface area contributed by atoms with Gasteiger partial charge in [-0.3, -0.25) is 9.69 Å². The molecular formula is C14H17F4N3O2. The van der Waals surface area contributed by atoms with E-state index in [0.717, 1.165) is 0 Å². The molecular weight excluding hydrogens is 318 g/mol. The monoisotopic (exact) mass is 335 g/mol. The molecule has 0 aliphatic carbocycles. The van der Waals surface area contributed by atoms with E-state index in [2.05, 4.69) is 4.98 Å². The number of esters is 1. The summed E-state index contributed by atoms with van der Waals surface area (Å²) in [5.41, 5.74) is -0.756. The molecule has 0 amide bonds. The van der Waals surface area contributed by atoms with Crippen LogP contribution in [0.4, 0.5) is 23.2 Å². The summed E-state index contributed by atoms with van der Waals surface area (Å²) < 4.78 is 58.9. The Morgan fingerprint density at radius 2 is 1.74 bits per heavy atom. The zero-order valence-electron chi connectivity index (χ0n) is 12.6. The first kappa shape index (κ1) is 17.5. The molecule has 0 atom stereocenters. The molecule has 0 unspecified atom stereocenters. The summed E-state index contributed by atoms with van der Waals surface area (Å²) in [6.07, 6.45) is 0.476. The summed E-state index contributed by atoms with van der Waals surface area (Å²) in [7, 11) is 0. The molecule has 0 aromatic carbocycles. The first-order chi connectivity index (χ1) is 10.9. The second kappa shape index (κ2) is 7.58. The van der Waals surface area contributed by atoms with Gasteiger partial charge in [-0.2, -0.15) is 22.5 Å². The van der Waals surface area contributed by atoms with E-state index < -0.39 is 29.2 Å². The number of ether oxygens (including phenoxy) is 1. The predicted octanol–water partition coefficient (Wildman–Crippen LogP) is 1.71. The Kier molecular flexibility index (Phi) is 5.75. The highest BCUT2D eigenvalue weighted by Gasteiger charge is 2.27. The topological polar surface area (TPSA) is 45.7 Å². The molecule has 0 bridgehead atoms. The van der Waals surface area contributed by atoms with Crippen LogP contribution in [-0.2, 0) is 9.53 Å². The quantitative estimate of drug-likeness (QED) is 0.476. The van der Waals surface area contributed by atoms with Crippen LogP contribution in [0.15, 0.2) is 0 Å². The lowest BCUT2D eigenvalue weighted by atomic mass is 10.3. The molecule has 1 aliphatic rings. The number of hydrogen-bond donors (Lipinski definition) is 0. The third kappa shape index (κ3) is 4.10. The van der Waals surface area contributed by atoms with Crippen molar-refractivity contribution < 1.29 is 27.1 Å². The first-order valence-corrected chi connectivity index (χ1v) is 7.27. The molecule has 2 rings (SSSR count). The van der Waals surface area contributed by atoms with Gasteiger partial charge in [-0.25, -0.2) is 0 Å². The number of aromatic nitrogens is 1. The molecule has 0 spiro atoms. The number of pyridine rings is 1. The van der Waals surface area contributed by atoms with Crippen molar-refractivity contribution in [3.63, 3.8) is 0 Å². The lowest BCUT2D eigenvalue weighted by Gasteiger charge is -2.24. The second-order valence-electron chi connectivity index (χ2n) is 5.09. The standard InChI is InChI=1S/C14H17F4N3O2/c1-2-23-9(22)8-20-4-3-5-21(7-6-20)12-10(15)13(17)19-14(18)11(12)16/h2-8H2,1H3. The van der Waals surface area contributed by atoms with Crippen LogP contribution in [0, 0.1) is 23.5 Å². The van der Waals surface area contributed by atoms with Gasteiger partial charge in [-0.1, -0.05) is 0 Å². The Morgan fingerprint density at radius 3 is 2.35 bits per heavy atom. The normalized spacial score (nSPS) is 16.3. The summed E-state index contributed by atoms with van der Waals surface area (Å²) in [4.78, 5) is 17.0. The maximum atomic E-state index is 13.8. The van der Waals surface area contributed by atoms with Gasteiger partial charge in [-0.15, -0.1) is 0 Å². The van der Waals surface area contributed by atoms with E-state index >= 15 is 0 Å². The SMILES string of the molecule is CCOC(=O)CN1CCCN(c2c(F)c(F)nc(F)c2F)CC1. The number of carbonyl (C=O) groups is 1. The summed E-state index contributed by atoms with van der Waals surface area (Å²) in [5.74, 6) is -6.76. The molecule has 5 nitrogen and oxygen atoms in total. The van der Waals surface area contributed by atoms with E-state index in [1.807, 2.05) is 0 Å². The minimum Gasteiger partial charge on any atom is -0.465 e. The van der Waals surface area contributed by atoms with Crippen LogP contribution in [-0.4, -0.2) is 55.2 Å². The smallest absolute Gasteiger partial charge is 0.320 e. The van der Waals surface area contributed by atoms with Crippen molar-refractivity contribution in [1.82, 2.24) is 9.88 Å². The molecule has 1 fully saturated rings. The number of halogens is 4. The molecule has 0 N–H and O–H groups in total. The summed E-state index contributed by atoms with van der Waals surface area (Å²) in [6.45, 7) is 3.17. The van der Waals surface area contributed by atoms with Crippen molar-refractivity contribution in [2.24, 2.45) is 0 Å². The Labute approximate surface area is 130 Å². The van der Waals surface area contributed by atoms with E-state index in [1.54, 1.807) is 11.8 Å². The van der Waals surface area contributed by atoms with E-state index in [1.165, 1.54) is 4.90 Å². The molecule has 0 saturated carbocycles. The highest BCUT2D eigenvalue weighted by Crippen LogP contribution is 2.27. The molecule has 1 saturated heterocycles. The third-order valence-electron chi connectivity index (χ3n) is 3.54. The Bertz CT molecular complexity index is 559. The van der Waals surface area contributed by atoms with Crippen LogP contribution in [0.3, 0.4) is 0 Å². The average Bonchev–Trinajstić information content (AvgIpc) is 2.72. The van der Waals surface area contributed by atoms with Crippen molar-refractivity contribution in [3.05, 3.63) is 23.5 Å². The summed E-state index contributed by atoms with van der Waals surface area (Å²) in [6, 6.07) is 0. The predicted molar refractivity (Wildman–Crippen MR) is 74.0 cm³/mol. The van der Waals surface area contributed by atoms with Crippen molar-refractivity contribution >= 4 is 11.7 Å². The number of carbonyl (C=O) groups excluding carboxylic acids is 1. The molecule has 23 heavy (non-hydrogen) atoms. The fraction of sp³-hybridized carbons (Fsp3) is 0.571. The molecule has 1 aromatic rings. The van der Waals surface area contributed by atoms with Gasteiger partial charge in [0.1, 0.15) is 5.69 Å². The van der Waals surface area contributed by atoms with Gasteiger partial charge < -0.3 is 9.64 Å². The van der Waals surface area contributed by atoms with E-state index in [0.29, 0.717) is 19.5 Å². The number of hydrogen-bond acceptors (Lipinski definition) is 5. The zero-order valence-corrected chi connectivity index (χ0v) is 12.6. The van der Waals surface area contributed by atoms with Crippen LogP contribution in [0.25, 0.3) is 0 Å². The molecule has 1 aliphatic heterocycles. The van der Waals surface area contributed by atoms with Gasteiger partial charge in [0.05, 0.1) is 13.2 Å². The van der Waals surface area contributed by atoms with Crippen LogP contribution in [0.1, 0.15) is 13.3 Å². The van der Waals surface area contributed by atoms with Crippen LogP contribution < -0.4 is 4.90 Å². The second-order valence-corrected chi connectivity index (χ2v) is 5.09. The fourth-order valence-corrected chi connectivity index (χ4v) is 2.50. The number of anilines is 1. The first-order valence-electron chi connectivity index (χ1n) is 7.27. The highest BCUT2D eigenvalue weighted by atomic mass is 19.2. The minimum absolute atomic E-state index is 0.0612. The molecule has 2 heterocycles. The molecule has 0 radical (unpaired) electrons. The van der Waals surface area contributed by atoms with Crippen LogP contribution >= 0.6 is 0 Å². The lowest BCUT2D eigenvalue weighted by Crippen LogP contribution is -2.35. The summed E-state index contributed by atoms with van der Waals surface area (Å²) in [5, 5.41) is 0. The molecule has 128 valence electrons. The van der Waals surface area contributed by atoms with Crippen molar-refractivity contribution in [2.75, 3.05) is 44.2 Å². The summed E-state index contributed by atoms with van der Waals surface area (Å²) >= 11 is 0. The fourth-order valence-electron chi connectivity index (χ4n) is 2.50. The van der Waals surface area contributed by atoms with Crippen LogP contribution in [0.2, 0.25) is 0 Å². The van der Waals surface area contributed by atoms with Crippen molar-refractivity contribution in [2.45, 2.75) is 13.3 Å². The van der Waals surface area contributed by atoms with Gasteiger partial charge in [0.25, 0.3) is 11.9 Å². The van der Waals surface area contributed by atoms with E-state index in [9.17, 15) is 22.4 Å². The van der Waals surface area contributed by atoms with Crippen molar-refractivity contribution in [3.8, 4) is 0 Å². The zero-order chi connectivity index (χ0) is 17.0. The van der Waals surface area contributed by atoms with E-state index in [-0.39, 0.29) is 32.2 Å². The van der Waals surface area contributed by atoms with Gasteiger partial charge in [-0.05, 0) is 13.3 Å².